The zero-order chi connectivity index (χ0) is 28.3. The van der Waals surface area contributed by atoms with Crippen molar-refractivity contribution in [1.82, 2.24) is 14.9 Å². The standard InChI is InChI=1S/C33H41N3O4/c1-5-24(2)26-13-15-27(16-14-26)40-21-9-8-20-36-29-11-7-6-10-28(29)35-32(36)18-19-34-33(37)23-25-12-17-30(38-3)31(22-25)39-4/h6-7,10-17,22,24H,5,8-9,18-21,23H2,1-4H3,(H,34,37). The summed E-state index contributed by atoms with van der Waals surface area (Å²) in [6, 6.07) is 22.2. The van der Waals surface area contributed by atoms with Crippen molar-refractivity contribution < 1.29 is 19.0 Å². The molecule has 0 aliphatic carbocycles. The number of rotatable bonds is 15. The molecule has 1 atom stereocenters. The fourth-order valence-electron chi connectivity index (χ4n) is 4.81. The van der Waals surface area contributed by atoms with Crippen molar-refractivity contribution >= 4 is 16.9 Å². The molecule has 7 heteroatoms. The zero-order valence-electron chi connectivity index (χ0n) is 24.1. The van der Waals surface area contributed by atoms with Crippen molar-refractivity contribution in [3.05, 3.63) is 83.7 Å². The van der Waals surface area contributed by atoms with Crippen LogP contribution in [0.5, 0.6) is 17.2 Å². The second kappa shape index (κ2) is 14.4. The molecule has 1 aromatic heterocycles. The van der Waals surface area contributed by atoms with Gasteiger partial charge in [-0.25, -0.2) is 4.98 Å². The average molecular weight is 544 g/mol. The minimum atomic E-state index is -0.0378. The lowest BCUT2D eigenvalue weighted by Crippen LogP contribution is -2.28. The molecule has 7 nitrogen and oxygen atoms in total. The zero-order valence-corrected chi connectivity index (χ0v) is 24.1. The van der Waals surface area contributed by atoms with E-state index in [2.05, 4.69) is 54.1 Å². The Morgan fingerprint density at radius 1 is 0.975 bits per heavy atom. The third kappa shape index (κ3) is 7.56. The van der Waals surface area contributed by atoms with Gasteiger partial charge in [0.15, 0.2) is 11.5 Å². The van der Waals surface area contributed by atoms with Crippen LogP contribution in [0.3, 0.4) is 0 Å². The van der Waals surface area contributed by atoms with Gasteiger partial charge in [0.25, 0.3) is 0 Å². The van der Waals surface area contributed by atoms with Gasteiger partial charge in [0.1, 0.15) is 11.6 Å². The fraction of sp³-hybridized carbons (Fsp3) is 0.394. The summed E-state index contributed by atoms with van der Waals surface area (Å²) in [7, 11) is 3.19. The van der Waals surface area contributed by atoms with Crippen LogP contribution >= 0.6 is 0 Å². The van der Waals surface area contributed by atoms with Gasteiger partial charge in [0.05, 0.1) is 38.3 Å². The Morgan fingerprint density at radius 2 is 1.75 bits per heavy atom. The maximum absolute atomic E-state index is 12.6. The summed E-state index contributed by atoms with van der Waals surface area (Å²) in [5.41, 5.74) is 4.32. The van der Waals surface area contributed by atoms with E-state index in [0.717, 1.165) is 54.0 Å². The number of nitrogens with one attached hydrogen (secondary N) is 1. The average Bonchev–Trinajstić information content (AvgIpc) is 3.33. The van der Waals surface area contributed by atoms with E-state index in [4.69, 9.17) is 19.2 Å². The lowest BCUT2D eigenvalue weighted by atomic mass is 9.99. The molecule has 1 N–H and O–H groups in total. The number of aromatic nitrogens is 2. The molecule has 3 aromatic carbocycles. The molecule has 0 radical (unpaired) electrons. The van der Waals surface area contributed by atoms with Crippen LogP contribution in [0.4, 0.5) is 0 Å². The molecule has 1 heterocycles. The fourth-order valence-corrected chi connectivity index (χ4v) is 4.81. The lowest BCUT2D eigenvalue weighted by molar-refractivity contribution is -0.120. The van der Waals surface area contributed by atoms with Crippen molar-refractivity contribution in [2.24, 2.45) is 0 Å². The van der Waals surface area contributed by atoms with Crippen molar-refractivity contribution in [3.8, 4) is 17.2 Å². The van der Waals surface area contributed by atoms with Gasteiger partial charge in [-0.05, 0) is 72.7 Å². The van der Waals surface area contributed by atoms with Crippen LogP contribution in [0, 0.1) is 0 Å². The second-order valence-corrected chi connectivity index (χ2v) is 10.1. The Morgan fingerprint density at radius 3 is 2.50 bits per heavy atom. The molecule has 4 rings (SSSR count). The molecule has 40 heavy (non-hydrogen) atoms. The van der Waals surface area contributed by atoms with Gasteiger partial charge in [0, 0.05) is 19.5 Å². The first-order valence-electron chi connectivity index (χ1n) is 14.2. The quantitative estimate of drug-likeness (QED) is 0.177. The van der Waals surface area contributed by atoms with Gasteiger partial charge in [-0.2, -0.15) is 0 Å². The Labute approximate surface area is 237 Å². The lowest BCUT2D eigenvalue weighted by Gasteiger charge is -2.12. The molecule has 4 aromatic rings. The highest BCUT2D eigenvalue weighted by Crippen LogP contribution is 2.27. The largest absolute Gasteiger partial charge is 0.494 e. The van der Waals surface area contributed by atoms with E-state index < -0.39 is 0 Å². The van der Waals surface area contributed by atoms with Crippen LogP contribution in [0.25, 0.3) is 11.0 Å². The van der Waals surface area contributed by atoms with E-state index in [1.54, 1.807) is 14.2 Å². The number of fused-ring (bicyclic) bond motifs is 1. The number of nitrogens with zero attached hydrogens (tertiary/aromatic N) is 2. The van der Waals surface area contributed by atoms with Gasteiger partial charge >= 0.3 is 0 Å². The summed E-state index contributed by atoms with van der Waals surface area (Å²) >= 11 is 0. The number of hydrogen-bond acceptors (Lipinski definition) is 5. The van der Waals surface area contributed by atoms with Crippen LogP contribution in [-0.4, -0.2) is 42.8 Å². The van der Waals surface area contributed by atoms with Gasteiger partial charge in [0.2, 0.25) is 5.91 Å². The minimum Gasteiger partial charge on any atom is -0.494 e. The molecule has 212 valence electrons. The molecular formula is C33H41N3O4. The predicted octanol–water partition coefficient (Wildman–Crippen LogP) is 6.33. The Bertz CT molecular complexity index is 1380. The number of ether oxygens (including phenoxy) is 3. The van der Waals surface area contributed by atoms with E-state index in [1.807, 2.05) is 36.4 Å². The topological polar surface area (TPSA) is 74.6 Å². The van der Waals surface area contributed by atoms with Crippen molar-refractivity contribution in [3.63, 3.8) is 0 Å². The monoisotopic (exact) mass is 543 g/mol. The highest BCUT2D eigenvalue weighted by Gasteiger charge is 2.12. The molecule has 0 bridgehead atoms. The second-order valence-electron chi connectivity index (χ2n) is 10.1. The molecule has 0 fully saturated rings. The molecule has 0 saturated carbocycles. The maximum atomic E-state index is 12.6. The van der Waals surface area contributed by atoms with Gasteiger partial charge in [-0.15, -0.1) is 0 Å². The number of amides is 1. The van der Waals surface area contributed by atoms with E-state index in [0.29, 0.717) is 37.0 Å². The Kier molecular flexibility index (Phi) is 10.4. The third-order valence-electron chi connectivity index (χ3n) is 7.32. The number of methoxy groups -OCH3 is 2. The van der Waals surface area contributed by atoms with Gasteiger partial charge in [-0.1, -0.05) is 44.2 Å². The number of imidazole rings is 1. The number of para-hydroxylation sites is 2. The maximum Gasteiger partial charge on any atom is 0.224 e. The first-order chi connectivity index (χ1) is 19.5. The predicted molar refractivity (Wildman–Crippen MR) is 160 cm³/mol. The summed E-state index contributed by atoms with van der Waals surface area (Å²) in [5.74, 6) is 3.70. The highest BCUT2D eigenvalue weighted by molar-refractivity contribution is 5.79. The first kappa shape index (κ1) is 29.0. The molecule has 0 spiro atoms. The number of hydrogen-bond donors (Lipinski definition) is 1. The number of unbranched alkanes of at least 4 members (excludes halogenated alkanes) is 1. The van der Waals surface area contributed by atoms with E-state index in [-0.39, 0.29) is 12.3 Å². The normalized spacial score (nSPS) is 11.8. The van der Waals surface area contributed by atoms with Crippen LogP contribution in [0.1, 0.15) is 56.0 Å². The molecule has 0 saturated heterocycles. The van der Waals surface area contributed by atoms with E-state index in [9.17, 15) is 4.79 Å². The summed E-state index contributed by atoms with van der Waals surface area (Å²) in [4.78, 5) is 17.5. The number of carbonyl (C=O) groups excluding carboxylic acids is 1. The van der Waals surface area contributed by atoms with Crippen molar-refractivity contribution in [2.75, 3.05) is 27.4 Å². The molecule has 1 unspecified atom stereocenters. The third-order valence-corrected chi connectivity index (χ3v) is 7.32. The highest BCUT2D eigenvalue weighted by atomic mass is 16.5. The van der Waals surface area contributed by atoms with Crippen LogP contribution in [-0.2, 0) is 24.2 Å². The minimum absolute atomic E-state index is 0.0378. The van der Waals surface area contributed by atoms with Gasteiger partial charge in [-0.3, -0.25) is 4.79 Å². The van der Waals surface area contributed by atoms with Crippen LogP contribution in [0.15, 0.2) is 66.7 Å². The first-order valence-corrected chi connectivity index (χ1v) is 14.2. The smallest absolute Gasteiger partial charge is 0.224 e. The van der Waals surface area contributed by atoms with Gasteiger partial charge < -0.3 is 24.1 Å². The summed E-state index contributed by atoms with van der Waals surface area (Å²) in [5, 5.41) is 3.04. The van der Waals surface area contributed by atoms with Crippen molar-refractivity contribution in [2.45, 2.75) is 58.4 Å². The number of carbonyl (C=O) groups is 1. The molecule has 0 aliphatic heterocycles. The van der Waals surface area contributed by atoms with E-state index >= 15 is 0 Å². The van der Waals surface area contributed by atoms with E-state index in [1.165, 1.54) is 5.56 Å². The van der Waals surface area contributed by atoms with Crippen LogP contribution in [0.2, 0.25) is 0 Å². The molecule has 1 amide bonds. The Balaban J connectivity index is 1.28. The molecule has 0 aliphatic rings. The summed E-state index contributed by atoms with van der Waals surface area (Å²) < 4.78 is 18.9. The number of aryl methyl sites for hydroxylation is 1. The SMILES string of the molecule is CCC(C)c1ccc(OCCCCn2c(CCNC(=O)Cc3ccc(OC)c(OC)c3)nc3ccccc32)cc1. The summed E-state index contributed by atoms with van der Waals surface area (Å²) in [6.07, 6.45) is 3.99. The molecular weight excluding hydrogens is 502 g/mol. The van der Waals surface area contributed by atoms with Crippen LogP contribution < -0.4 is 19.5 Å². The Hall–Kier alpha value is -4.00. The van der Waals surface area contributed by atoms with Crippen molar-refractivity contribution in [1.29, 1.82) is 0 Å². The summed E-state index contributed by atoms with van der Waals surface area (Å²) in [6.45, 7) is 6.51. The number of benzene rings is 3.